The first-order valence-corrected chi connectivity index (χ1v) is 16.2. The number of para-hydroxylation sites is 1. The molecule has 0 atom stereocenters. The number of ketones is 1. The highest BCUT2D eigenvalue weighted by Crippen LogP contribution is 2.36. The molecule has 0 unspecified atom stereocenters. The molecule has 5 aromatic rings. The Morgan fingerprint density at radius 3 is 2.50 bits per heavy atom. The number of unbranched alkanes of at least 4 members (excludes halogenated alkanes) is 2. The average Bonchev–Trinajstić information content (AvgIpc) is 3.12. The maximum Gasteiger partial charge on any atom is 0.299 e. The quantitative estimate of drug-likeness (QED) is 0.0654. The van der Waals surface area contributed by atoms with E-state index >= 15 is 0 Å². The van der Waals surface area contributed by atoms with Crippen molar-refractivity contribution in [3.05, 3.63) is 107 Å². The van der Waals surface area contributed by atoms with E-state index in [1.807, 2.05) is 18.2 Å². The average molecular weight is 699 g/mol. The summed E-state index contributed by atoms with van der Waals surface area (Å²) in [5, 5.41) is 5.66. The van der Waals surface area contributed by atoms with E-state index < -0.39 is 23.4 Å². The van der Waals surface area contributed by atoms with Crippen molar-refractivity contribution in [1.82, 2.24) is 15.3 Å². The predicted molar refractivity (Wildman–Crippen MR) is 184 cm³/mol. The minimum Gasteiger partial charge on any atom is -0.493 e. The van der Waals surface area contributed by atoms with E-state index in [1.165, 1.54) is 25.6 Å². The zero-order chi connectivity index (χ0) is 35.0. The zero-order valence-electron chi connectivity index (χ0n) is 27.0. The monoisotopic (exact) mass is 698 g/mol. The molecule has 0 bridgehead atoms. The first-order chi connectivity index (χ1) is 24.3. The summed E-state index contributed by atoms with van der Waals surface area (Å²) in [6.07, 6.45) is 4.70. The van der Waals surface area contributed by atoms with Gasteiger partial charge in [-0.1, -0.05) is 48.4 Å². The van der Waals surface area contributed by atoms with Crippen LogP contribution in [0.4, 0.5) is 15.9 Å². The standard InChI is InChI=1S/C37H32ClFN4O7/c1-47-30-20-27-24(35(41-21-40-27)42-26-13-8-12-25(38)33(26)39)19-31(30)49-18-17-48-16-6-2-3-9-22-10-4-5-14-28(22)50-29-15-7-11-23-32(29)36(45)43-37(46)34(23)44/h4-5,7-8,10-15,19-21H,2-3,6,9,16-18H2,1H3,(H,40,41,42)(H,43,45,46). The number of methoxy groups -OCH3 is 1. The van der Waals surface area contributed by atoms with Gasteiger partial charge in [0.05, 0.1) is 35.5 Å². The van der Waals surface area contributed by atoms with E-state index in [0.717, 1.165) is 31.2 Å². The number of carbonyl (C=O) groups excluding carboxylic acids is 3. The molecular formula is C37H32ClFN4O7. The molecule has 0 aliphatic carbocycles. The summed E-state index contributed by atoms with van der Waals surface area (Å²) in [7, 11) is 1.54. The second-order valence-corrected chi connectivity index (χ2v) is 11.6. The van der Waals surface area contributed by atoms with Crippen LogP contribution in [0.3, 0.4) is 0 Å². The van der Waals surface area contributed by atoms with Gasteiger partial charge in [0.15, 0.2) is 17.3 Å². The lowest BCUT2D eigenvalue weighted by Gasteiger charge is -2.18. The number of halogens is 2. The summed E-state index contributed by atoms with van der Waals surface area (Å²) in [5.74, 6) is -0.853. The van der Waals surface area contributed by atoms with Gasteiger partial charge in [0.25, 0.3) is 17.6 Å². The van der Waals surface area contributed by atoms with Crippen molar-refractivity contribution in [3.63, 3.8) is 0 Å². The summed E-state index contributed by atoms with van der Waals surface area (Å²) in [6.45, 7) is 1.17. The van der Waals surface area contributed by atoms with Crippen LogP contribution in [0.25, 0.3) is 10.9 Å². The van der Waals surface area contributed by atoms with Crippen molar-refractivity contribution >= 4 is 51.6 Å². The molecule has 4 aromatic carbocycles. The van der Waals surface area contributed by atoms with Crippen LogP contribution in [0.5, 0.6) is 23.0 Å². The minimum atomic E-state index is -0.949. The van der Waals surface area contributed by atoms with Crippen LogP contribution in [0.15, 0.2) is 79.1 Å². The summed E-state index contributed by atoms with van der Waals surface area (Å²) in [6, 6.07) is 20.3. The van der Waals surface area contributed by atoms with Crippen molar-refractivity contribution in [2.24, 2.45) is 0 Å². The predicted octanol–water partition coefficient (Wildman–Crippen LogP) is 7.23. The number of hydrogen-bond donors (Lipinski definition) is 2. The van der Waals surface area contributed by atoms with Crippen LogP contribution < -0.4 is 24.8 Å². The molecule has 13 heteroatoms. The van der Waals surface area contributed by atoms with Gasteiger partial charge in [-0.05, 0) is 61.2 Å². The van der Waals surface area contributed by atoms with Crippen molar-refractivity contribution < 1.29 is 37.7 Å². The fraction of sp³-hybridized carbons (Fsp3) is 0.216. The number of nitrogens with zero attached hydrogens (tertiary/aromatic N) is 2. The Bertz CT molecular complexity index is 2080. The number of aromatic nitrogens is 2. The van der Waals surface area contributed by atoms with Crippen LogP contribution >= 0.6 is 11.6 Å². The van der Waals surface area contributed by atoms with Gasteiger partial charge >= 0.3 is 0 Å². The Balaban J connectivity index is 0.974. The molecule has 1 aliphatic heterocycles. The van der Waals surface area contributed by atoms with Crippen molar-refractivity contribution in [1.29, 1.82) is 0 Å². The number of nitrogens with one attached hydrogen (secondary N) is 2. The first kappa shape index (κ1) is 34.3. The van der Waals surface area contributed by atoms with Gasteiger partial charge in [-0.2, -0.15) is 0 Å². The molecule has 0 radical (unpaired) electrons. The summed E-state index contributed by atoms with van der Waals surface area (Å²) in [4.78, 5) is 45.1. The maximum absolute atomic E-state index is 14.5. The molecule has 256 valence electrons. The molecule has 2 N–H and O–H groups in total. The Hall–Kier alpha value is -5.59. The fourth-order valence-electron chi connectivity index (χ4n) is 5.49. The molecule has 0 spiro atoms. The highest BCUT2D eigenvalue weighted by atomic mass is 35.5. The second kappa shape index (κ2) is 15.7. The molecule has 1 aliphatic rings. The number of amides is 2. The van der Waals surface area contributed by atoms with E-state index in [2.05, 4.69) is 20.6 Å². The molecule has 11 nitrogen and oxygen atoms in total. The fourth-order valence-corrected chi connectivity index (χ4v) is 5.66. The van der Waals surface area contributed by atoms with Gasteiger partial charge < -0.3 is 24.3 Å². The Morgan fingerprint density at radius 1 is 0.820 bits per heavy atom. The number of benzene rings is 4. The number of anilines is 2. The van der Waals surface area contributed by atoms with Crippen LogP contribution in [-0.4, -0.2) is 54.5 Å². The molecule has 0 saturated heterocycles. The SMILES string of the molecule is COc1cc2ncnc(Nc3cccc(Cl)c3F)c2cc1OCCOCCCCCc1ccccc1Oc1cccc2c1C(=O)NC(=O)C2=O. The number of hydrogen-bond acceptors (Lipinski definition) is 10. The van der Waals surface area contributed by atoms with Crippen molar-refractivity contribution in [3.8, 4) is 23.0 Å². The van der Waals surface area contributed by atoms with E-state index in [1.54, 1.807) is 42.5 Å². The highest BCUT2D eigenvalue weighted by Gasteiger charge is 2.33. The van der Waals surface area contributed by atoms with Crippen LogP contribution in [0.1, 0.15) is 45.5 Å². The Labute approximate surface area is 291 Å². The normalized spacial score (nSPS) is 12.4. The topological polar surface area (TPSA) is 138 Å². The van der Waals surface area contributed by atoms with Gasteiger partial charge in [0, 0.05) is 23.6 Å². The summed E-state index contributed by atoms with van der Waals surface area (Å²) >= 11 is 5.94. The van der Waals surface area contributed by atoms with Gasteiger partial charge in [0.1, 0.15) is 30.3 Å². The van der Waals surface area contributed by atoms with E-state index in [9.17, 15) is 18.8 Å². The number of imide groups is 1. The third kappa shape index (κ3) is 7.66. The van der Waals surface area contributed by atoms with Crippen molar-refractivity contribution in [2.75, 3.05) is 32.2 Å². The molecule has 6 rings (SSSR count). The highest BCUT2D eigenvalue weighted by molar-refractivity contribution is 6.49. The number of rotatable bonds is 15. The molecule has 2 amide bonds. The summed E-state index contributed by atoms with van der Waals surface area (Å²) < 4.78 is 37.9. The van der Waals surface area contributed by atoms with E-state index in [-0.39, 0.29) is 34.2 Å². The van der Waals surface area contributed by atoms with Crippen molar-refractivity contribution in [2.45, 2.75) is 25.7 Å². The minimum absolute atomic E-state index is 0.00468. The lowest BCUT2D eigenvalue weighted by molar-refractivity contribution is -0.116. The first-order valence-electron chi connectivity index (χ1n) is 15.9. The van der Waals surface area contributed by atoms with Gasteiger partial charge in [-0.15, -0.1) is 0 Å². The Kier molecular flexibility index (Phi) is 10.8. The maximum atomic E-state index is 14.5. The molecule has 1 aromatic heterocycles. The third-order valence-electron chi connectivity index (χ3n) is 7.97. The molecule has 0 saturated carbocycles. The molecule has 2 heterocycles. The van der Waals surface area contributed by atoms with E-state index in [0.29, 0.717) is 47.2 Å². The number of ether oxygens (including phenoxy) is 4. The van der Waals surface area contributed by atoms with E-state index in [4.69, 9.17) is 30.5 Å². The van der Waals surface area contributed by atoms with Gasteiger partial charge in [0.2, 0.25) is 0 Å². The zero-order valence-corrected chi connectivity index (χ0v) is 27.7. The largest absolute Gasteiger partial charge is 0.493 e. The smallest absolute Gasteiger partial charge is 0.299 e. The number of Topliss-reactive ketones (excluding diaryl/α,β-unsaturated/α-hetero) is 1. The third-order valence-corrected chi connectivity index (χ3v) is 8.26. The number of carbonyl (C=O) groups is 3. The molecular weight excluding hydrogens is 667 g/mol. The Morgan fingerprint density at radius 2 is 1.64 bits per heavy atom. The number of fused-ring (bicyclic) bond motifs is 2. The van der Waals surface area contributed by atoms with Crippen LogP contribution in [0.2, 0.25) is 5.02 Å². The second-order valence-electron chi connectivity index (χ2n) is 11.2. The van der Waals surface area contributed by atoms with Gasteiger partial charge in [-0.25, -0.2) is 14.4 Å². The molecule has 50 heavy (non-hydrogen) atoms. The van der Waals surface area contributed by atoms with Crippen LogP contribution in [-0.2, 0) is 16.0 Å². The lowest BCUT2D eigenvalue weighted by atomic mass is 9.98. The van der Waals surface area contributed by atoms with Gasteiger partial charge in [-0.3, -0.25) is 19.7 Å². The van der Waals surface area contributed by atoms with Crippen LogP contribution in [0, 0.1) is 5.82 Å². The lowest BCUT2D eigenvalue weighted by Crippen LogP contribution is -2.42. The summed E-state index contributed by atoms with van der Waals surface area (Å²) in [5.41, 5.74) is 1.79. The molecule has 0 fully saturated rings. The number of aryl methyl sites for hydroxylation is 1.